The molecule has 3 heteroatoms. The minimum Gasteiger partial charge on any atom is -0.469 e. The van der Waals surface area contributed by atoms with Crippen LogP contribution in [0, 0.1) is 0 Å². The number of benzene rings is 1. The van der Waals surface area contributed by atoms with Gasteiger partial charge in [0.15, 0.2) is 0 Å². The van der Waals surface area contributed by atoms with Gasteiger partial charge in [0, 0.05) is 13.2 Å². The van der Waals surface area contributed by atoms with Gasteiger partial charge in [-0.1, -0.05) is 24.3 Å². The molecule has 0 spiro atoms. The van der Waals surface area contributed by atoms with Crippen LogP contribution in [0.5, 0.6) is 0 Å². The summed E-state index contributed by atoms with van der Waals surface area (Å²) in [4.78, 5) is 11.7. The molecule has 1 unspecified atom stereocenters. The molecule has 1 aliphatic heterocycles. The maximum atomic E-state index is 11.7. The largest absolute Gasteiger partial charge is 0.469 e. The summed E-state index contributed by atoms with van der Waals surface area (Å²) in [6.07, 6.45) is 2.07. The summed E-state index contributed by atoms with van der Waals surface area (Å²) >= 11 is 0. The molecule has 1 fully saturated rings. The predicted molar refractivity (Wildman–Crippen MR) is 69.7 cm³/mol. The van der Waals surface area contributed by atoms with E-state index >= 15 is 0 Å². The van der Waals surface area contributed by atoms with E-state index in [-0.39, 0.29) is 11.9 Å². The Morgan fingerprint density at radius 2 is 2.00 bits per heavy atom. The summed E-state index contributed by atoms with van der Waals surface area (Å²) in [6.45, 7) is 3.53. The lowest BCUT2D eigenvalue weighted by atomic mass is 9.84. The molecule has 1 aliphatic rings. The fourth-order valence-corrected chi connectivity index (χ4v) is 2.59. The van der Waals surface area contributed by atoms with Crippen molar-refractivity contribution in [3.8, 4) is 0 Å². The van der Waals surface area contributed by atoms with Gasteiger partial charge in [0.05, 0.1) is 13.0 Å². The van der Waals surface area contributed by atoms with Gasteiger partial charge in [-0.15, -0.1) is 0 Å². The Morgan fingerprint density at radius 1 is 1.33 bits per heavy atom. The van der Waals surface area contributed by atoms with Crippen LogP contribution < -0.4 is 0 Å². The van der Waals surface area contributed by atoms with Crippen molar-refractivity contribution in [2.45, 2.75) is 31.6 Å². The maximum Gasteiger partial charge on any atom is 0.312 e. The van der Waals surface area contributed by atoms with Crippen LogP contribution in [0.4, 0.5) is 0 Å². The Balaban J connectivity index is 2.27. The molecule has 1 aromatic rings. The van der Waals surface area contributed by atoms with Crippen molar-refractivity contribution in [3.63, 3.8) is 0 Å². The van der Waals surface area contributed by atoms with Crippen LogP contribution in [-0.2, 0) is 14.3 Å². The molecule has 1 atom stereocenters. The van der Waals surface area contributed by atoms with Crippen molar-refractivity contribution in [3.05, 3.63) is 35.4 Å². The van der Waals surface area contributed by atoms with E-state index in [2.05, 4.69) is 6.07 Å². The van der Waals surface area contributed by atoms with Gasteiger partial charge in [0.25, 0.3) is 0 Å². The lowest BCUT2D eigenvalue weighted by molar-refractivity contribution is -0.142. The molecule has 2 rings (SSSR count). The van der Waals surface area contributed by atoms with Gasteiger partial charge in [-0.3, -0.25) is 4.79 Å². The summed E-state index contributed by atoms with van der Waals surface area (Å²) in [7, 11) is 1.44. The van der Waals surface area contributed by atoms with Crippen molar-refractivity contribution < 1.29 is 14.3 Å². The number of carbonyl (C=O) groups excluding carboxylic acids is 1. The molecule has 0 aliphatic carbocycles. The zero-order valence-corrected chi connectivity index (χ0v) is 11.0. The topological polar surface area (TPSA) is 35.5 Å². The molecule has 0 bridgehead atoms. The smallest absolute Gasteiger partial charge is 0.312 e. The van der Waals surface area contributed by atoms with Crippen LogP contribution >= 0.6 is 0 Å². The number of ether oxygens (including phenoxy) is 2. The van der Waals surface area contributed by atoms with Gasteiger partial charge in [-0.25, -0.2) is 0 Å². The second-order valence-corrected chi connectivity index (χ2v) is 4.76. The number of esters is 1. The van der Waals surface area contributed by atoms with Gasteiger partial charge >= 0.3 is 5.97 Å². The minimum absolute atomic E-state index is 0.172. The van der Waals surface area contributed by atoms with Crippen LogP contribution in [0.15, 0.2) is 24.3 Å². The summed E-state index contributed by atoms with van der Waals surface area (Å²) in [6, 6.07) is 8.19. The first kappa shape index (κ1) is 13.1. The summed E-state index contributed by atoms with van der Waals surface area (Å²) in [5.41, 5.74) is 2.37. The van der Waals surface area contributed by atoms with E-state index in [1.807, 2.05) is 25.1 Å². The van der Waals surface area contributed by atoms with Crippen LogP contribution in [0.1, 0.15) is 42.7 Å². The third-order valence-electron chi connectivity index (χ3n) is 3.68. The Bertz CT molecular complexity index is 408. The Labute approximate surface area is 108 Å². The number of methoxy groups -OCH3 is 1. The molecular formula is C15H20O3. The predicted octanol–water partition coefficient (Wildman–Crippen LogP) is 2.86. The van der Waals surface area contributed by atoms with Crippen molar-refractivity contribution in [2.75, 3.05) is 20.3 Å². The number of hydrogen-bond acceptors (Lipinski definition) is 3. The molecule has 0 saturated carbocycles. The fraction of sp³-hybridized carbons (Fsp3) is 0.533. The number of rotatable bonds is 3. The highest BCUT2D eigenvalue weighted by Gasteiger charge is 2.24. The van der Waals surface area contributed by atoms with Crippen molar-refractivity contribution >= 4 is 5.97 Å². The lowest BCUT2D eigenvalue weighted by Gasteiger charge is -2.26. The molecule has 0 N–H and O–H groups in total. The Kier molecular flexibility index (Phi) is 4.37. The van der Waals surface area contributed by atoms with E-state index in [0.717, 1.165) is 31.6 Å². The molecule has 98 valence electrons. The molecule has 1 heterocycles. The Morgan fingerprint density at radius 3 is 2.67 bits per heavy atom. The van der Waals surface area contributed by atoms with Gasteiger partial charge in [-0.2, -0.15) is 0 Å². The van der Waals surface area contributed by atoms with E-state index < -0.39 is 0 Å². The molecule has 0 aromatic heterocycles. The van der Waals surface area contributed by atoms with E-state index in [4.69, 9.17) is 9.47 Å². The van der Waals surface area contributed by atoms with Crippen LogP contribution in [0.3, 0.4) is 0 Å². The van der Waals surface area contributed by atoms with Gasteiger partial charge in [-0.05, 0) is 36.8 Å². The number of hydrogen-bond donors (Lipinski definition) is 0. The van der Waals surface area contributed by atoms with E-state index in [1.54, 1.807) is 0 Å². The fourth-order valence-electron chi connectivity index (χ4n) is 2.59. The van der Waals surface area contributed by atoms with Crippen LogP contribution in [0.2, 0.25) is 0 Å². The third-order valence-corrected chi connectivity index (χ3v) is 3.68. The molecular weight excluding hydrogens is 228 g/mol. The average Bonchev–Trinajstić information content (AvgIpc) is 2.46. The molecule has 0 amide bonds. The molecule has 1 saturated heterocycles. The van der Waals surface area contributed by atoms with E-state index in [0.29, 0.717) is 5.92 Å². The monoisotopic (exact) mass is 248 g/mol. The summed E-state index contributed by atoms with van der Waals surface area (Å²) in [5, 5.41) is 0. The zero-order chi connectivity index (χ0) is 13.0. The van der Waals surface area contributed by atoms with Gasteiger partial charge in [0.2, 0.25) is 0 Å². The molecule has 1 aromatic carbocycles. The van der Waals surface area contributed by atoms with E-state index in [1.165, 1.54) is 12.7 Å². The average molecular weight is 248 g/mol. The van der Waals surface area contributed by atoms with Gasteiger partial charge < -0.3 is 9.47 Å². The van der Waals surface area contributed by atoms with Crippen LogP contribution in [-0.4, -0.2) is 26.3 Å². The number of carbonyl (C=O) groups is 1. The normalized spacial score (nSPS) is 18.3. The molecule has 0 radical (unpaired) electrons. The first-order valence-electron chi connectivity index (χ1n) is 6.48. The first-order chi connectivity index (χ1) is 8.74. The minimum atomic E-state index is -0.200. The molecule has 18 heavy (non-hydrogen) atoms. The SMILES string of the molecule is COC(=O)C(C)c1ccccc1C1CCOCC1. The highest BCUT2D eigenvalue weighted by Crippen LogP contribution is 2.33. The van der Waals surface area contributed by atoms with Crippen molar-refractivity contribution in [1.29, 1.82) is 0 Å². The quantitative estimate of drug-likeness (QED) is 0.772. The third kappa shape index (κ3) is 2.72. The Hall–Kier alpha value is -1.35. The zero-order valence-electron chi connectivity index (χ0n) is 11.0. The second kappa shape index (κ2) is 6.01. The van der Waals surface area contributed by atoms with Crippen molar-refractivity contribution in [2.24, 2.45) is 0 Å². The highest BCUT2D eigenvalue weighted by molar-refractivity contribution is 5.78. The highest BCUT2D eigenvalue weighted by atomic mass is 16.5. The van der Waals surface area contributed by atoms with Crippen molar-refractivity contribution in [1.82, 2.24) is 0 Å². The first-order valence-corrected chi connectivity index (χ1v) is 6.48. The lowest BCUT2D eigenvalue weighted by Crippen LogP contribution is -2.18. The summed E-state index contributed by atoms with van der Waals surface area (Å²) < 4.78 is 10.2. The molecule has 3 nitrogen and oxygen atoms in total. The summed E-state index contributed by atoms with van der Waals surface area (Å²) in [5.74, 6) is 0.130. The van der Waals surface area contributed by atoms with E-state index in [9.17, 15) is 4.79 Å². The van der Waals surface area contributed by atoms with Crippen LogP contribution in [0.25, 0.3) is 0 Å². The second-order valence-electron chi connectivity index (χ2n) is 4.76. The van der Waals surface area contributed by atoms with Gasteiger partial charge in [0.1, 0.15) is 0 Å². The maximum absolute atomic E-state index is 11.7. The standard InChI is InChI=1S/C15H20O3/c1-11(15(16)17-2)13-5-3-4-6-14(13)12-7-9-18-10-8-12/h3-6,11-12H,7-10H2,1-2H3.